The van der Waals surface area contributed by atoms with Gasteiger partial charge in [-0.15, -0.1) is 31.4 Å². The maximum Gasteiger partial charge on any atom is 0.141 e. The fraction of sp³-hybridized carbons (Fsp3) is 0.467. The van der Waals surface area contributed by atoms with E-state index in [9.17, 15) is 9.50 Å². The molecule has 1 fully saturated rings. The first kappa shape index (κ1) is 21.5. The van der Waals surface area contributed by atoms with Crippen molar-refractivity contribution in [1.82, 2.24) is 10.2 Å². The molecule has 0 aliphatic carbocycles. The first-order valence-electron chi connectivity index (χ1n) is 6.87. The first-order valence-corrected chi connectivity index (χ1v) is 7.25. The van der Waals surface area contributed by atoms with Crippen LogP contribution in [0.4, 0.5) is 4.39 Å². The van der Waals surface area contributed by atoms with Crippen molar-refractivity contribution in [2.45, 2.75) is 18.9 Å². The summed E-state index contributed by atoms with van der Waals surface area (Å²) in [5.41, 5.74) is 0.307. The SMILES string of the molecule is C=CCC[C@H](c1c(F)ccc(Cl)c1O)N1CCNCC1.Cl.Cl. The molecule has 126 valence electrons. The van der Waals surface area contributed by atoms with Crippen molar-refractivity contribution >= 4 is 36.4 Å². The minimum Gasteiger partial charge on any atom is -0.506 e. The summed E-state index contributed by atoms with van der Waals surface area (Å²) in [6.07, 6.45) is 3.29. The van der Waals surface area contributed by atoms with Gasteiger partial charge in [0.05, 0.1) is 5.02 Å². The Morgan fingerprint density at radius 3 is 2.59 bits per heavy atom. The van der Waals surface area contributed by atoms with Gasteiger partial charge in [-0.1, -0.05) is 17.7 Å². The summed E-state index contributed by atoms with van der Waals surface area (Å²) in [7, 11) is 0. The van der Waals surface area contributed by atoms with E-state index in [1.165, 1.54) is 12.1 Å². The van der Waals surface area contributed by atoms with E-state index in [4.69, 9.17) is 11.6 Å². The van der Waals surface area contributed by atoms with Crippen molar-refractivity contribution in [3.8, 4) is 5.75 Å². The Balaban J connectivity index is 0.00000220. The molecule has 1 saturated heterocycles. The summed E-state index contributed by atoms with van der Waals surface area (Å²) in [5, 5.41) is 13.6. The third kappa shape index (κ3) is 5.00. The van der Waals surface area contributed by atoms with Crippen molar-refractivity contribution in [3.05, 3.63) is 41.2 Å². The number of nitrogens with zero attached hydrogens (tertiary/aromatic N) is 1. The van der Waals surface area contributed by atoms with Crippen molar-refractivity contribution in [2.75, 3.05) is 26.2 Å². The lowest BCUT2D eigenvalue weighted by Gasteiger charge is -2.35. The van der Waals surface area contributed by atoms with E-state index in [1.54, 1.807) is 0 Å². The molecule has 0 unspecified atom stereocenters. The molecule has 0 aromatic heterocycles. The Morgan fingerprint density at radius 1 is 1.36 bits per heavy atom. The smallest absolute Gasteiger partial charge is 0.141 e. The number of nitrogens with one attached hydrogen (secondary N) is 1. The molecule has 0 radical (unpaired) electrons. The second kappa shape index (κ2) is 10.3. The van der Waals surface area contributed by atoms with Crippen molar-refractivity contribution in [2.24, 2.45) is 0 Å². The fourth-order valence-electron chi connectivity index (χ4n) is 2.65. The highest BCUT2D eigenvalue weighted by Crippen LogP contribution is 2.38. The number of phenols is 1. The van der Waals surface area contributed by atoms with Gasteiger partial charge in [-0.3, -0.25) is 4.90 Å². The van der Waals surface area contributed by atoms with Crippen LogP contribution in [0.15, 0.2) is 24.8 Å². The van der Waals surface area contributed by atoms with Crippen molar-refractivity contribution < 1.29 is 9.50 Å². The first-order chi connectivity index (χ1) is 9.65. The molecule has 1 aromatic carbocycles. The minimum absolute atomic E-state index is 0. The van der Waals surface area contributed by atoms with Crippen LogP contribution >= 0.6 is 36.4 Å². The highest BCUT2D eigenvalue weighted by atomic mass is 35.5. The largest absolute Gasteiger partial charge is 0.506 e. The minimum atomic E-state index is -0.403. The van der Waals surface area contributed by atoms with E-state index < -0.39 is 5.82 Å². The molecule has 1 aliphatic rings. The van der Waals surface area contributed by atoms with Crippen LogP contribution in [-0.4, -0.2) is 36.2 Å². The van der Waals surface area contributed by atoms with Crippen LogP contribution in [0.1, 0.15) is 24.4 Å². The maximum atomic E-state index is 14.2. The second-order valence-electron chi connectivity index (χ2n) is 4.96. The molecule has 1 aliphatic heterocycles. The van der Waals surface area contributed by atoms with E-state index in [1.807, 2.05) is 6.08 Å². The molecule has 1 aromatic rings. The van der Waals surface area contributed by atoms with Crippen LogP contribution < -0.4 is 5.32 Å². The molecular formula is C15H22Cl3FN2O. The number of piperazine rings is 1. The predicted molar refractivity (Wildman–Crippen MR) is 94.2 cm³/mol. The van der Waals surface area contributed by atoms with Crippen LogP contribution in [0.3, 0.4) is 0 Å². The van der Waals surface area contributed by atoms with Gasteiger partial charge in [0.2, 0.25) is 0 Å². The zero-order valence-corrected chi connectivity index (χ0v) is 14.6. The molecular weight excluding hydrogens is 350 g/mol. The van der Waals surface area contributed by atoms with Gasteiger partial charge in [-0.2, -0.15) is 0 Å². The third-order valence-electron chi connectivity index (χ3n) is 3.68. The molecule has 0 spiro atoms. The fourth-order valence-corrected chi connectivity index (χ4v) is 2.82. The average Bonchev–Trinajstić information content (AvgIpc) is 2.47. The topological polar surface area (TPSA) is 35.5 Å². The van der Waals surface area contributed by atoms with Crippen LogP contribution in [0, 0.1) is 5.82 Å². The number of benzene rings is 1. The monoisotopic (exact) mass is 370 g/mol. The van der Waals surface area contributed by atoms with E-state index in [0.29, 0.717) is 12.0 Å². The molecule has 3 nitrogen and oxygen atoms in total. The van der Waals surface area contributed by atoms with Gasteiger partial charge in [0.1, 0.15) is 11.6 Å². The Labute approximate surface area is 148 Å². The van der Waals surface area contributed by atoms with Gasteiger partial charge in [-0.25, -0.2) is 4.39 Å². The Kier molecular flexibility index (Phi) is 10.0. The number of allylic oxidation sites excluding steroid dienone is 1. The Morgan fingerprint density at radius 2 is 2.00 bits per heavy atom. The lowest BCUT2D eigenvalue weighted by Crippen LogP contribution is -2.45. The van der Waals surface area contributed by atoms with Crippen LogP contribution in [0.5, 0.6) is 5.75 Å². The second-order valence-corrected chi connectivity index (χ2v) is 5.37. The Hall–Kier alpha value is -0.520. The van der Waals surface area contributed by atoms with Gasteiger partial charge in [0, 0.05) is 37.8 Å². The number of hydrogen-bond donors (Lipinski definition) is 2. The molecule has 7 heteroatoms. The molecule has 22 heavy (non-hydrogen) atoms. The van der Waals surface area contributed by atoms with E-state index >= 15 is 0 Å². The number of halogens is 4. The summed E-state index contributed by atoms with van der Waals surface area (Å²) in [4.78, 5) is 2.19. The average molecular weight is 372 g/mol. The van der Waals surface area contributed by atoms with E-state index in [0.717, 1.165) is 32.6 Å². The zero-order valence-electron chi connectivity index (χ0n) is 12.2. The number of phenolic OH excluding ortho intramolecular Hbond substituents is 1. The Bertz CT molecular complexity index is 482. The van der Waals surface area contributed by atoms with Gasteiger partial charge < -0.3 is 10.4 Å². The molecule has 1 atom stereocenters. The molecule has 0 amide bonds. The zero-order chi connectivity index (χ0) is 14.5. The van der Waals surface area contributed by atoms with Gasteiger partial charge >= 0.3 is 0 Å². The lowest BCUT2D eigenvalue weighted by molar-refractivity contribution is 0.160. The molecule has 2 rings (SSSR count). The van der Waals surface area contributed by atoms with Gasteiger partial charge in [-0.05, 0) is 25.0 Å². The highest BCUT2D eigenvalue weighted by molar-refractivity contribution is 6.32. The molecule has 0 bridgehead atoms. The van der Waals surface area contributed by atoms with Crippen molar-refractivity contribution in [3.63, 3.8) is 0 Å². The highest BCUT2D eigenvalue weighted by Gasteiger charge is 2.27. The van der Waals surface area contributed by atoms with E-state index in [-0.39, 0.29) is 41.6 Å². The van der Waals surface area contributed by atoms with Crippen LogP contribution in [0.25, 0.3) is 0 Å². The standard InChI is InChI=1S/C15H20ClFN2O.2ClH/c1-2-3-4-13(19-9-7-18-8-10-19)14-12(17)6-5-11(16)15(14)20;;/h2,5-6,13,18,20H,1,3-4,7-10H2;2*1H/t13-;;/m1../s1. The predicted octanol–water partition coefficient (Wildman–Crippen LogP) is 3.94. The van der Waals surface area contributed by atoms with Crippen molar-refractivity contribution in [1.29, 1.82) is 0 Å². The summed E-state index contributed by atoms with van der Waals surface area (Å²) in [6.45, 7) is 7.11. The van der Waals surface area contributed by atoms with Crippen LogP contribution in [-0.2, 0) is 0 Å². The quantitative estimate of drug-likeness (QED) is 0.770. The molecule has 1 heterocycles. The number of hydrogen-bond acceptors (Lipinski definition) is 3. The summed E-state index contributed by atoms with van der Waals surface area (Å²) in [5.74, 6) is -0.543. The van der Waals surface area contributed by atoms with E-state index in [2.05, 4.69) is 16.8 Å². The summed E-state index contributed by atoms with van der Waals surface area (Å²) in [6, 6.07) is 2.53. The van der Waals surface area contributed by atoms with Crippen LogP contribution in [0.2, 0.25) is 5.02 Å². The molecule has 2 N–H and O–H groups in total. The number of rotatable bonds is 5. The summed E-state index contributed by atoms with van der Waals surface area (Å²) >= 11 is 5.94. The van der Waals surface area contributed by atoms with Gasteiger partial charge in [0.25, 0.3) is 0 Å². The molecule has 0 saturated carbocycles. The lowest BCUT2D eigenvalue weighted by atomic mass is 9.98. The maximum absolute atomic E-state index is 14.2. The summed E-state index contributed by atoms with van der Waals surface area (Å²) < 4.78 is 14.2. The van der Waals surface area contributed by atoms with Gasteiger partial charge in [0.15, 0.2) is 0 Å². The normalized spacial score (nSPS) is 16.3. The number of aromatic hydroxyl groups is 1. The third-order valence-corrected chi connectivity index (χ3v) is 3.99.